The number of hydrogen-bond donors (Lipinski definition) is 3. The molecule has 0 aromatic heterocycles. The molecule has 1 amide bonds. The Hall–Kier alpha value is -0.960. The van der Waals surface area contributed by atoms with Gasteiger partial charge >= 0.3 is 6.18 Å². The predicted octanol–water partition coefficient (Wildman–Crippen LogP) is 4.99. The maximum atomic E-state index is 12.7. The quantitative estimate of drug-likeness (QED) is 0.324. The van der Waals surface area contributed by atoms with E-state index in [1.807, 2.05) is 6.92 Å². The summed E-state index contributed by atoms with van der Waals surface area (Å²) in [7, 11) is 0. The molecule has 1 unspecified atom stereocenters. The third kappa shape index (κ3) is 8.16. The largest absolute Gasteiger partial charge is 0.416 e. The molecule has 0 fully saturated rings. The third-order valence-electron chi connectivity index (χ3n) is 3.11. The molecule has 4 nitrogen and oxygen atoms in total. The van der Waals surface area contributed by atoms with E-state index in [2.05, 4.69) is 16.0 Å². The second-order valence-corrected chi connectivity index (χ2v) is 8.10. The summed E-state index contributed by atoms with van der Waals surface area (Å²) in [4.78, 5) is 11.8. The number of thiocarbonyl (C=S) groups is 1. The van der Waals surface area contributed by atoms with E-state index in [1.165, 1.54) is 12.1 Å². The summed E-state index contributed by atoms with van der Waals surface area (Å²) in [5.41, 5.74) is -0.742. The van der Waals surface area contributed by atoms with Crippen molar-refractivity contribution in [1.82, 2.24) is 10.6 Å². The minimum absolute atomic E-state index is 0.0951. The Bertz CT molecular complexity index is 639. The number of carbonyl (C=O) groups is 1. The molecule has 1 aromatic carbocycles. The normalized spacial score (nSPS) is 13.0. The minimum atomic E-state index is -4.49. The SMILES string of the molecule is CCCCC(=O)NC(NC(=S)Nc1cccc(C(F)(F)F)c1)C(Cl)(Cl)Cl. The van der Waals surface area contributed by atoms with Crippen molar-refractivity contribution < 1.29 is 18.0 Å². The number of carbonyl (C=O) groups excluding carboxylic acids is 1. The lowest BCUT2D eigenvalue weighted by Gasteiger charge is -2.27. The van der Waals surface area contributed by atoms with Gasteiger partial charge in [0.2, 0.25) is 9.70 Å². The van der Waals surface area contributed by atoms with Crippen molar-refractivity contribution >= 4 is 63.7 Å². The van der Waals surface area contributed by atoms with Crippen LogP contribution in [-0.4, -0.2) is 21.0 Å². The molecule has 0 bridgehead atoms. The van der Waals surface area contributed by atoms with Crippen molar-refractivity contribution in [2.24, 2.45) is 0 Å². The molecular weight excluding hydrogens is 434 g/mol. The number of alkyl halides is 6. The molecule has 0 saturated carbocycles. The highest BCUT2D eigenvalue weighted by Gasteiger charge is 2.34. The van der Waals surface area contributed by atoms with Crippen LogP contribution >= 0.6 is 47.0 Å². The van der Waals surface area contributed by atoms with Crippen LogP contribution in [0.1, 0.15) is 31.7 Å². The highest BCUT2D eigenvalue weighted by atomic mass is 35.6. The van der Waals surface area contributed by atoms with Crippen molar-refractivity contribution in [3.63, 3.8) is 0 Å². The zero-order valence-corrected chi connectivity index (χ0v) is 16.7. The lowest BCUT2D eigenvalue weighted by molar-refractivity contribution is -0.137. The molecule has 0 heterocycles. The summed E-state index contributed by atoms with van der Waals surface area (Å²) in [6.07, 6.45) is -3.94. The fourth-order valence-electron chi connectivity index (χ4n) is 1.84. The maximum absolute atomic E-state index is 12.7. The standard InChI is InChI=1S/C15H17Cl3F3N3OS/c1-2-3-7-11(25)23-12(14(16,17)18)24-13(26)22-10-6-4-5-9(8-10)15(19,20)21/h4-6,8,12H,2-3,7H2,1H3,(H,23,25)(H2,22,24,26). The molecule has 0 aliphatic rings. The Morgan fingerprint density at radius 1 is 1.23 bits per heavy atom. The van der Waals surface area contributed by atoms with Crippen molar-refractivity contribution in [3.8, 4) is 0 Å². The summed E-state index contributed by atoms with van der Waals surface area (Å²) in [6.45, 7) is 1.92. The monoisotopic (exact) mass is 449 g/mol. The molecular formula is C15H17Cl3F3N3OS. The minimum Gasteiger partial charge on any atom is -0.339 e. The number of rotatable bonds is 6. The fourth-order valence-corrected chi connectivity index (χ4v) is 2.40. The van der Waals surface area contributed by atoms with Crippen LogP contribution in [0.2, 0.25) is 0 Å². The van der Waals surface area contributed by atoms with Gasteiger partial charge in [-0.3, -0.25) is 4.79 Å². The van der Waals surface area contributed by atoms with Gasteiger partial charge in [0.1, 0.15) is 6.17 Å². The van der Waals surface area contributed by atoms with E-state index >= 15 is 0 Å². The smallest absolute Gasteiger partial charge is 0.339 e. The Balaban J connectivity index is 2.77. The Labute approximate surface area is 169 Å². The fraction of sp³-hybridized carbons (Fsp3) is 0.467. The van der Waals surface area contributed by atoms with Gasteiger partial charge in [0, 0.05) is 12.1 Å². The van der Waals surface area contributed by atoms with Crippen LogP contribution in [0.25, 0.3) is 0 Å². The van der Waals surface area contributed by atoms with Crippen LogP contribution in [0.5, 0.6) is 0 Å². The zero-order chi connectivity index (χ0) is 20.0. The van der Waals surface area contributed by atoms with Gasteiger partial charge in [-0.2, -0.15) is 13.2 Å². The average molecular weight is 451 g/mol. The van der Waals surface area contributed by atoms with E-state index in [4.69, 9.17) is 47.0 Å². The molecule has 0 aliphatic carbocycles. The van der Waals surface area contributed by atoms with Crippen LogP contribution in [0.3, 0.4) is 0 Å². The van der Waals surface area contributed by atoms with Crippen LogP contribution in [-0.2, 0) is 11.0 Å². The van der Waals surface area contributed by atoms with Gasteiger partial charge in [0.25, 0.3) is 0 Å². The van der Waals surface area contributed by atoms with Gasteiger partial charge < -0.3 is 16.0 Å². The van der Waals surface area contributed by atoms with Gasteiger partial charge in [0.15, 0.2) is 5.11 Å². The first kappa shape index (κ1) is 23.1. The molecule has 0 saturated heterocycles. The summed E-state index contributed by atoms with van der Waals surface area (Å²) in [6, 6.07) is 4.44. The van der Waals surface area contributed by atoms with Gasteiger partial charge in [0.05, 0.1) is 5.56 Å². The van der Waals surface area contributed by atoms with Gasteiger partial charge in [-0.1, -0.05) is 54.2 Å². The highest BCUT2D eigenvalue weighted by Crippen LogP contribution is 2.31. The van der Waals surface area contributed by atoms with Crippen LogP contribution < -0.4 is 16.0 Å². The van der Waals surface area contributed by atoms with E-state index in [1.54, 1.807) is 0 Å². The maximum Gasteiger partial charge on any atom is 0.416 e. The Kier molecular flexibility index (Phi) is 8.72. The van der Waals surface area contributed by atoms with Crippen LogP contribution in [0, 0.1) is 0 Å². The van der Waals surface area contributed by atoms with Crippen molar-refractivity contribution in [3.05, 3.63) is 29.8 Å². The van der Waals surface area contributed by atoms with E-state index in [-0.39, 0.29) is 23.1 Å². The van der Waals surface area contributed by atoms with E-state index in [0.29, 0.717) is 6.42 Å². The molecule has 1 atom stereocenters. The Morgan fingerprint density at radius 2 is 1.88 bits per heavy atom. The number of hydrogen-bond acceptors (Lipinski definition) is 2. The first-order valence-electron chi connectivity index (χ1n) is 7.54. The second-order valence-electron chi connectivity index (χ2n) is 5.32. The summed E-state index contributed by atoms with van der Waals surface area (Å²) >= 11 is 22.5. The van der Waals surface area contributed by atoms with Crippen molar-refractivity contribution in [2.75, 3.05) is 5.32 Å². The average Bonchev–Trinajstić information content (AvgIpc) is 2.50. The Morgan fingerprint density at radius 3 is 2.42 bits per heavy atom. The lowest BCUT2D eigenvalue weighted by atomic mass is 10.2. The molecule has 1 rings (SSSR count). The number of nitrogens with one attached hydrogen (secondary N) is 3. The van der Waals surface area contributed by atoms with Gasteiger partial charge in [-0.25, -0.2) is 0 Å². The van der Waals surface area contributed by atoms with Crippen molar-refractivity contribution in [2.45, 2.75) is 42.3 Å². The predicted molar refractivity (Wildman–Crippen MR) is 103 cm³/mol. The van der Waals surface area contributed by atoms with E-state index in [9.17, 15) is 18.0 Å². The van der Waals surface area contributed by atoms with Crippen LogP contribution in [0.4, 0.5) is 18.9 Å². The molecule has 1 aromatic rings. The lowest BCUT2D eigenvalue weighted by Crippen LogP contribution is -2.56. The number of amides is 1. The van der Waals surface area contributed by atoms with Crippen LogP contribution in [0.15, 0.2) is 24.3 Å². The topological polar surface area (TPSA) is 53.2 Å². The second kappa shape index (κ2) is 9.82. The molecule has 0 radical (unpaired) electrons. The molecule has 146 valence electrons. The first-order valence-corrected chi connectivity index (χ1v) is 9.08. The van der Waals surface area contributed by atoms with E-state index < -0.39 is 21.7 Å². The summed E-state index contributed by atoms with van der Waals surface area (Å²) < 4.78 is 36.3. The first-order chi connectivity index (χ1) is 11.9. The highest BCUT2D eigenvalue weighted by molar-refractivity contribution is 7.80. The molecule has 0 aliphatic heterocycles. The summed E-state index contributed by atoms with van der Waals surface area (Å²) in [5, 5.41) is 7.53. The molecule has 26 heavy (non-hydrogen) atoms. The van der Waals surface area contributed by atoms with Gasteiger partial charge in [-0.15, -0.1) is 0 Å². The molecule has 0 spiro atoms. The van der Waals surface area contributed by atoms with Crippen molar-refractivity contribution in [1.29, 1.82) is 0 Å². The third-order valence-corrected chi connectivity index (χ3v) is 3.99. The molecule has 3 N–H and O–H groups in total. The van der Waals surface area contributed by atoms with E-state index in [0.717, 1.165) is 18.6 Å². The zero-order valence-electron chi connectivity index (χ0n) is 13.6. The summed E-state index contributed by atoms with van der Waals surface area (Å²) in [5.74, 6) is -0.349. The number of benzene rings is 1. The number of anilines is 1. The molecule has 11 heteroatoms. The van der Waals surface area contributed by atoms with Gasteiger partial charge in [-0.05, 0) is 36.8 Å². The number of unbranched alkanes of at least 4 members (excludes halogenated alkanes) is 1. The number of halogens is 6.